The first-order chi connectivity index (χ1) is 57.4. The van der Waals surface area contributed by atoms with E-state index >= 15 is 0 Å². The van der Waals surface area contributed by atoms with Crippen LogP contribution in [0, 0.1) is 142 Å². The first-order valence-electron chi connectivity index (χ1n) is 46.4. The summed E-state index contributed by atoms with van der Waals surface area (Å²) in [6.45, 7) is 93.1. The monoisotopic (exact) mass is 1740 g/mol. The molecule has 8 heterocycles. The number of hydrogen-bond acceptors (Lipinski definition) is 12. The molecule has 2 aliphatic heterocycles. The number of aromatic nitrogens is 8. The Bertz CT molecular complexity index is 3040. The Morgan fingerprint density at radius 3 is 0.702 bits per heavy atom. The standard InChI is InChI=1S/C9H9N.C8H7FO2.8C8H18.C7H6O2.C5H5N.3C4H4N2.C4H4S.CH4/c1-10-7-6-8-4-2-3-5-9(8)10;1-8(9)10-6-4-2-3-5-7(6)11-8;8*1-6(2)8(5)7(3)4;1-2-4-7-6(3-1)8-5-9-7;1-2-4-6-5-3-1;1-2-6-4-3-5-1;1-2-5-4-6-3-1;1-2-4-6-5-3-1;1-2-4-5-3-1;/h2-7H,1H3;2-5H,1H3;8*6-8H,1-5H3;1-4H,5H2;1-5H;3*1-4H;1-4H;1H4. The molecule has 0 unspecified atom stereocenters. The highest BCUT2D eigenvalue weighted by atomic mass is 32.1. The number of nitrogens with zero attached hydrogens (tertiary/aromatic N) is 8. The van der Waals surface area contributed by atoms with Crippen molar-refractivity contribution in [1.29, 1.82) is 0 Å². The number of para-hydroxylation sites is 5. The lowest BCUT2D eigenvalue weighted by molar-refractivity contribution is -0.173. The number of ether oxygens (including phenoxy) is 4. The van der Waals surface area contributed by atoms with Gasteiger partial charge in [0.25, 0.3) is 0 Å². The molecule has 0 saturated heterocycles. The van der Waals surface area contributed by atoms with Crippen LogP contribution < -0.4 is 18.9 Å². The molecule has 3 aromatic carbocycles. The highest BCUT2D eigenvalue weighted by molar-refractivity contribution is 7.07. The molecule has 2 aliphatic rings. The Morgan fingerprint density at radius 2 is 0.524 bits per heavy atom. The fraction of sp³-hybridized carbons (Fsp3) is 0.627. The number of rotatable bonds is 16. The van der Waals surface area contributed by atoms with Gasteiger partial charge in [0.05, 0.1) is 0 Å². The van der Waals surface area contributed by atoms with Crippen molar-refractivity contribution in [3.05, 3.63) is 213 Å². The van der Waals surface area contributed by atoms with Crippen molar-refractivity contribution in [2.75, 3.05) is 6.79 Å². The molecule has 0 amide bonds. The maximum Gasteiger partial charge on any atom is 0.404 e. The van der Waals surface area contributed by atoms with Crippen LogP contribution in [-0.2, 0) is 7.05 Å². The maximum absolute atomic E-state index is 13.0. The Labute approximate surface area is 769 Å². The van der Waals surface area contributed by atoms with Gasteiger partial charge in [0.15, 0.2) is 23.0 Å². The normalized spacial score (nSPS) is 11.5. The smallest absolute Gasteiger partial charge is 0.404 e. The number of pyridine rings is 1. The van der Waals surface area contributed by atoms with E-state index in [4.69, 9.17) is 18.9 Å². The van der Waals surface area contributed by atoms with Crippen LogP contribution in [0.2, 0.25) is 0 Å². The summed E-state index contributed by atoms with van der Waals surface area (Å²) in [5.74, 6) is 23.0. The molecule has 0 atom stereocenters. The highest BCUT2D eigenvalue weighted by Gasteiger charge is 2.36. The zero-order valence-electron chi connectivity index (χ0n) is 86.3. The lowest BCUT2D eigenvalue weighted by atomic mass is 9.88. The highest BCUT2D eigenvalue weighted by Crippen LogP contribution is 2.39. The lowest BCUT2D eigenvalue weighted by Crippen LogP contribution is -2.27. The summed E-state index contributed by atoms with van der Waals surface area (Å²) < 4.78 is 34.8. The van der Waals surface area contributed by atoms with E-state index in [9.17, 15) is 4.39 Å². The molecule has 0 radical (unpaired) electrons. The topological polar surface area (TPSA) is 132 Å². The zero-order valence-corrected chi connectivity index (χ0v) is 87.1. The number of halogens is 1. The molecule has 6 aromatic heterocycles. The predicted octanol–water partition coefficient (Wildman–Crippen LogP) is 34.1. The minimum absolute atomic E-state index is 0. The molecule has 708 valence electrons. The van der Waals surface area contributed by atoms with Crippen LogP contribution >= 0.6 is 11.3 Å². The summed E-state index contributed by atoms with van der Waals surface area (Å²) >= 11 is 1.71. The molecular weight excluding hydrogens is 1550 g/mol. The third kappa shape index (κ3) is 71.6. The average molecular weight is 1740 g/mol. The summed E-state index contributed by atoms with van der Waals surface area (Å²) in [5.41, 5.74) is 1.29. The first-order valence-corrected chi connectivity index (χ1v) is 47.3. The van der Waals surface area contributed by atoms with Crippen LogP contribution in [0.5, 0.6) is 23.0 Å². The van der Waals surface area contributed by atoms with Crippen LogP contribution in [-0.4, -0.2) is 52.5 Å². The molecule has 0 N–H and O–H groups in total. The van der Waals surface area contributed by atoms with E-state index in [1.165, 1.54) is 24.2 Å². The van der Waals surface area contributed by atoms with Crippen molar-refractivity contribution in [1.82, 2.24) is 39.7 Å². The molecule has 14 heteroatoms. The van der Waals surface area contributed by atoms with Crippen LogP contribution in [0.1, 0.15) is 291 Å². The van der Waals surface area contributed by atoms with Crippen molar-refractivity contribution in [3.63, 3.8) is 0 Å². The molecule has 11 rings (SSSR count). The van der Waals surface area contributed by atoms with E-state index in [1.807, 2.05) is 77.5 Å². The SMILES string of the molecule is C.CC(C)C(C)C(C)C.CC(C)C(C)C(C)C.CC(C)C(C)C(C)C.CC(C)C(C)C(C)C.CC(C)C(C)C(C)C.CC(C)C(C)C(C)C.CC(C)C(C)C(C)C.CC(C)C(C)C(C)C.CC1(F)Oc2ccccc2O1.Cn1ccc2ccccc21.c1ccc2c(c1)OCO2.c1ccncc1.c1ccnnc1.c1ccsc1.c1cnccn1.c1cncnc1. The molecule has 9 aromatic rings. The van der Waals surface area contributed by atoms with Gasteiger partial charge in [-0.15, -0.1) is 0 Å². The van der Waals surface area contributed by atoms with E-state index in [1.54, 1.807) is 104 Å². The van der Waals surface area contributed by atoms with Gasteiger partial charge in [-0.25, -0.2) is 9.97 Å². The lowest BCUT2D eigenvalue weighted by Gasteiger charge is -2.18. The second-order valence-corrected chi connectivity index (χ2v) is 38.9. The van der Waals surface area contributed by atoms with Crippen molar-refractivity contribution in [3.8, 4) is 23.0 Å². The molecule has 12 nitrogen and oxygen atoms in total. The van der Waals surface area contributed by atoms with Crippen molar-refractivity contribution < 1.29 is 23.3 Å². The fourth-order valence-corrected chi connectivity index (χ4v) is 11.0. The van der Waals surface area contributed by atoms with Crippen LogP contribution in [0.3, 0.4) is 0 Å². The van der Waals surface area contributed by atoms with Gasteiger partial charge in [-0.1, -0.05) is 345 Å². The largest absolute Gasteiger partial charge is 0.454 e. The van der Waals surface area contributed by atoms with Crippen molar-refractivity contribution in [2.45, 2.75) is 297 Å². The quantitative estimate of drug-likeness (QED) is 0.0916. The van der Waals surface area contributed by atoms with Gasteiger partial charge in [0.2, 0.25) is 6.79 Å². The van der Waals surface area contributed by atoms with Gasteiger partial charge in [0.1, 0.15) is 6.33 Å². The summed E-state index contributed by atoms with van der Waals surface area (Å²) in [6, 6.07) is 38.2. The third-order valence-electron chi connectivity index (χ3n) is 23.8. The average Bonchev–Trinajstić information content (AvgIpc) is 1.68. The van der Waals surface area contributed by atoms with Gasteiger partial charge in [-0.3, -0.25) is 15.0 Å². The molecule has 0 aliphatic carbocycles. The van der Waals surface area contributed by atoms with Gasteiger partial charge in [-0.2, -0.15) is 25.9 Å². The second kappa shape index (κ2) is 77.7. The fourth-order valence-electron chi connectivity index (χ4n) is 10.6. The third-order valence-corrected chi connectivity index (χ3v) is 24.4. The number of fused-ring (bicyclic) bond motifs is 3. The Balaban J connectivity index is -0.000000300. The number of hydrogen-bond donors (Lipinski definition) is 0. The maximum atomic E-state index is 13.0. The first kappa shape index (κ1) is 127. The summed E-state index contributed by atoms with van der Waals surface area (Å²) in [5, 5.41) is 12.5. The minimum atomic E-state index is -2.00. The Hall–Kier alpha value is -7.58. The summed E-state index contributed by atoms with van der Waals surface area (Å²) in [7, 11) is 2.06. The Morgan fingerprint density at radius 1 is 0.282 bits per heavy atom. The molecule has 0 fully saturated rings. The molecule has 0 saturated carbocycles. The summed E-state index contributed by atoms with van der Waals surface area (Å²) in [4.78, 5) is 18.6. The number of alkyl halides is 1. The van der Waals surface area contributed by atoms with Gasteiger partial charge in [0, 0.05) is 87.7 Å². The number of aryl methyl sites for hydroxylation is 1. The Kier molecular flexibility index (Phi) is 79.7. The van der Waals surface area contributed by atoms with Crippen LogP contribution in [0.25, 0.3) is 10.9 Å². The van der Waals surface area contributed by atoms with E-state index in [-0.39, 0.29) is 7.43 Å². The van der Waals surface area contributed by atoms with E-state index in [2.05, 4.69) is 360 Å². The van der Waals surface area contributed by atoms with Crippen molar-refractivity contribution in [2.24, 2.45) is 149 Å². The van der Waals surface area contributed by atoms with Crippen LogP contribution in [0.4, 0.5) is 4.39 Å². The van der Waals surface area contributed by atoms with E-state index in [0.717, 1.165) is 154 Å². The second-order valence-electron chi connectivity index (χ2n) is 38.1. The molecule has 0 bridgehead atoms. The molecule has 124 heavy (non-hydrogen) atoms. The van der Waals surface area contributed by atoms with Crippen LogP contribution in [0.15, 0.2) is 213 Å². The predicted molar refractivity (Wildman–Crippen MR) is 545 cm³/mol. The van der Waals surface area contributed by atoms with Gasteiger partial charge in [-0.05, 0) is 225 Å². The minimum Gasteiger partial charge on any atom is -0.454 e. The van der Waals surface area contributed by atoms with E-state index < -0.39 is 6.04 Å². The zero-order chi connectivity index (χ0) is 95.3. The number of benzene rings is 3. The van der Waals surface area contributed by atoms with Gasteiger partial charge >= 0.3 is 6.04 Å². The van der Waals surface area contributed by atoms with Crippen molar-refractivity contribution >= 4 is 22.2 Å². The molecular formula is C110H191FN8O4S. The van der Waals surface area contributed by atoms with Gasteiger partial charge < -0.3 is 23.5 Å². The van der Waals surface area contributed by atoms with E-state index in [0.29, 0.717) is 18.3 Å². The number of thiophene rings is 1. The molecule has 0 spiro atoms. The summed E-state index contributed by atoms with van der Waals surface area (Å²) in [6.07, 6.45) is 20.3.